The molecule has 0 radical (unpaired) electrons. The molecule has 11 heteroatoms. The second-order valence-corrected chi connectivity index (χ2v) is 8.63. The van der Waals surface area contributed by atoms with E-state index in [0.717, 1.165) is 39.6 Å². The van der Waals surface area contributed by atoms with Crippen molar-refractivity contribution in [3.05, 3.63) is 47.4 Å². The molecule has 32 heavy (non-hydrogen) atoms. The molecule has 1 saturated heterocycles. The molecule has 1 aliphatic rings. The number of hydrogen-bond acceptors (Lipinski definition) is 9. The van der Waals surface area contributed by atoms with Crippen LogP contribution in [0.25, 0.3) is 21.6 Å². The molecule has 0 unspecified atom stereocenters. The minimum Gasteiger partial charge on any atom is -0.378 e. The lowest BCUT2D eigenvalue weighted by molar-refractivity contribution is 0.0999. The van der Waals surface area contributed by atoms with Crippen LogP contribution in [0.2, 0.25) is 0 Å². The molecule has 4 aromatic heterocycles. The fourth-order valence-electron chi connectivity index (χ4n) is 3.57. The highest BCUT2D eigenvalue weighted by Gasteiger charge is 2.21. The van der Waals surface area contributed by atoms with Crippen molar-refractivity contribution < 1.29 is 9.53 Å². The van der Waals surface area contributed by atoms with Gasteiger partial charge in [0.2, 0.25) is 5.95 Å². The van der Waals surface area contributed by atoms with Crippen molar-refractivity contribution >= 4 is 39.2 Å². The molecule has 1 amide bonds. The number of H-pyrrole nitrogens is 1. The second-order valence-electron chi connectivity index (χ2n) is 7.49. The number of fused-ring (bicyclic) bond motifs is 1. The summed E-state index contributed by atoms with van der Waals surface area (Å²) < 4.78 is 6.58. The van der Waals surface area contributed by atoms with E-state index in [2.05, 4.69) is 25.9 Å². The maximum Gasteiger partial charge on any atom is 0.251 e. The largest absolute Gasteiger partial charge is 0.378 e. The number of hydrogen-bond donors (Lipinski definition) is 2. The van der Waals surface area contributed by atoms with Crippen LogP contribution in [0.4, 0.5) is 11.8 Å². The summed E-state index contributed by atoms with van der Waals surface area (Å²) in [6.45, 7) is 3.56. The average Bonchev–Trinajstić information content (AvgIpc) is 3.49. The van der Waals surface area contributed by atoms with E-state index < -0.39 is 5.91 Å². The topological polar surface area (TPSA) is 126 Å². The van der Waals surface area contributed by atoms with Crippen molar-refractivity contribution in [1.82, 2.24) is 24.9 Å². The summed E-state index contributed by atoms with van der Waals surface area (Å²) in [5, 5.41) is 0. The fourth-order valence-corrected chi connectivity index (χ4v) is 4.74. The van der Waals surface area contributed by atoms with Gasteiger partial charge in [-0.1, -0.05) is 0 Å². The van der Waals surface area contributed by atoms with E-state index in [-0.39, 0.29) is 5.56 Å². The van der Waals surface area contributed by atoms with Gasteiger partial charge in [0.1, 0.15) is 0 Å². The van der Waals surface area contributed by atoms with Gasteiger partial charge in [0.25, 0.3) is 5.91 Å². The van der Waals surface area contributed by atoms with Crippen LogP contribution in [-0.2, 0) is 11.3 Å². The Morgan fingerprint density at radius 2 is 2.06 bits per heavy atom. The van der Waals surface area contributed by atoms with Crippen LogP contribution >= 0.6 is 11.3 Å². The van der Waals surface area contributed by atoms with Crippen LogP contribution in [0.5, 0.6) is 0 Å². The van der Waals surface area contributed by atoms with Gasteiger partial charge in [-0.15, -0.1) is 11.3 Å². The molecule has 0 atom stereocenters. The number of ether oxygens (including phenoxy) is 1. The summed E-state index contributed by atoms with van der Waals surface area (Å²) in [4.78, 5) is 37.9. The summed E-state index contributed by atoms with van der Waals surface area (Å²) in [7, 11) is 1.91. The molecule has 1 aliphatic heterocycles. The highest BCUT2D eigenvalue weighted by molar-refractivity contribution is 7.19. The highest BCUT2D eigenvalue weighted by Crippen LogP contribution is 2.35. The first-order valence-electron chi connectivity index (χ1n) is 10.2. The number of anilines is 2. The first-order valence-corrected chi connectivity index (χ1v) is 11.0. The Kier molecular flexibility index (Phi) is 5.41. The third-order valence-corrected chi connectivity index (χ3v) is 6.33. The molecular weight excluding hydrogens is 428 g/mol. The summed E-state index contributed by atoms with van der Waals surface area (Å²) in [5.41, 5.74) is 7.42. The molecule has 0 bridgehead atoms. The number of nitrogens with zero attached hydrogens (tertiary/aromatic N) is 6. The quantitative estimate of drug-likeness (QED) is 0.457. The van der Waals surface area contributed by atoms with Gasteiger partial charge in [-0.3, -0.25) is 4.79 Å². The van der Waals surface area contributed by atoms with Crippen molar-refractivity contribution in [2.75, 3.05) is 43.2 Å². The van der Waals surface area contributed by atoms with Crippen LogP contribution in [-0.4, -0.2) is 64.2 Å². The number of primary amides is 1. The number of carbonyl (C=O) groups excluding carboxylic acids is 1. The molecule has 0 saturated carbocycles. The SMILES string of the molecule is CN(Cc1cc2nc(-c3cc[nH]c3)nc(N3CCOCC3)c2s1)c1ncc(C(N)=O)cn1. The van der Waals surface area contributed by atoms with Gasteiger partial charge in [0.15, 0.2) is 11.6 Å². The van der Waals surface area contributed by atoms with Crippen LogP contribution in [0.15, 0.2) is 36.9 Å². The van der Waals surface area contributed by atoms with Gasteiger partial charge in [-0.2, -0.15) is 0 Å². The molecule has 0 spiro atoms. The van der Waals surface area contributed by atoms with Crippen LogP contribution in [0.1, 0.15) is 15.2 Å². The molecule has 164 valence electrons. The summed E-state index contributed by atoms with van der Waals surface area (Å²) in [6.07, 6.45) is 6.65. The van der Waals surface area contributed by atoms with E-state index >= 15 is 0 Å². The van der Waals surface area contributed by atoms with E-state index in [0.29, 0.717) is 31.5 Å². The molecule has 1 fully saturated rings. The van der Waals surface area contributed by atoms with Gasteiger partial charge >= 0.3 is 0 Å². The van der Waals surface area contributed by atoms with Gasteiger partial charge in [-0.25, -0.2) is 19.9 Å². The normalized spacial score (nSPS) is 14.1. The van der Waals surface area contributed by atoms with E-state index in [4.69, 9.17) is 20.4 Å². The average molecular weight is 451 g/mol. The maximum absolute atomic E-state index is 11.3. The van der Waals surface area contributed by atoms with Gasteiger partial charge in [-0.05, 0) is 12.1 Å². The standard InChI is InChI=1S/C21H22N8O2S/c1-28(21-24-10-14(11-25-21)18(22)30)12-15-8-16-17(32-15)20(29-4-6-31-7-5-29)27-19(26-16)13-2-3-23-9-13/h2-3,8-11,23H,4-7,12H2,1H3,(H2,22,30). The lowest BCUT2D eigenvalue weighted by atomic mass is 10.3. The monoisotopic (exact) mass is 450 g/mol. The minimum atomic E-state index is -0.545. The van der Waals surface area contributed by atoms with Crippen molar-refractivity contribution in [3.63, 3.8) is 0 Å². The molecular formula is C21H22N8O2S. The lowest BCUT2D eigenvalue weighted by Gasteiger charge is -2.28. The van der Waals surface area contributed by atoms with E-state index in [9.17, 15) is 4.79 Å². The van der Waals surface area contributed by atoms with E-state index in [1.54, 1.807) is 11.3 Å². The Balaban J connectivity index is 1.48. The Morgan fingerprint density at radius 3 is 2.75 bits per heavy atom. The maximum atomic E-state index is 11.3. The fraction of sp³-hybridized carbons (Fsp3) is 0.286. The Morgan fingerprint density at radius 1 is 1.28 bits per heavy atom. The number of carbonyl (C=O) groups is 1. The van der Waals surface area contributed by atoms with Crippen LogP contribution < -0.4 is 15.5 Å². The van der Waals surface area contributed by atoms with E-state index in [1.807, 2.05) is 30.4 Å². The molecule has 5 heterocycles. The number of amides is 1. The third-order valence-electron chi connectivity index (χ3n) is 5.23. The number of nitrogens with one attached hydrogen (secondary N) is 1. The molecule has 0 aliphatic carbocycles. The molecule has 0 aromatic carbocycles. The Bertz CT molecular complexity index is 1230. The number of aromatic nitrogens is 5. The number of aromatic amines is 1. The molecule has 10 nitrogen and oxygen atoms in total. The number of thiophene rings is 1. The summed E-state index contributed by atoms with van der Waals surface area (Å²) in [6, 6.07) is 4.06. The lowest BCUT2D eigenvalue weighted by Crippen LogP contribution is -2.36. The summed E-state index contributed by atoms with van der Waals surface area (Å²) >= 11 is 1.67. The molecule has 4 aromatic rings. The Hall–Kier alpha value is -3.57. The van der Waals surface area contributed by atoms with Gasteiger partial charge in [0, 0.05) is 55.4 Å². The zero-order valence-corrected chi connectivity index (χ0v) is 18.3. The van der Waals surface area contributed by atoms with Crippen molar-refractivity contribution in [2.24, 2.45) is 5.73 Å². The first kappa shape index (κ1) is 20.3. The van der Waals surface area contributed by atoms with Crippen LogP contribution in [0, 0.1) is 0 Å². The van der Waals surface area contributed by atoms with Crippen LogP contribution in [0.3, 0.4) is 0 Å². The van der Waals surface area contributed by atoms with Crippen molar-refractivity contribution in [1.29, 1.82) is 0 Å². The Labute approximate surface area is 188 Å². The number of morpholine rings is 1. The molecule has 5 rings (SSSR count). The minimum absolute atomic E-state index is 0.284. The number of rotatable bonds is 6. The van der Waals surface area contributed by atoms with Crippen molar-refractivity contribution in [2.45, 2.75) is 6.54 Å². The smallest absolute Gasteiger partial charge is 0.251 e. The number of nitrogens with two attached hydrogens (primary N) is 1. The second kappa shape index (κ2) is 8.52. The summed E-state index contributed by atoms with van der Waals surface area (Å²) in [5.74, 6) is 1.61. The van der Waals surface area contributed by atoms with Gasteiger partial charge in [0.05, 0.1) is 35.5 Å². The third kappa shape index (κ3) is 3.99. The van der Waals surface area contributed by atoms with E-state index in [1.165, 1.54) is 12.4 Å². The first-order chi connectivity index (χ1) is 15.6. The molecule has 3 N–H and O–H groups in total. The zero-order valence-electron chi connectivity index (χ0n) is 17.5. The van der Waals surface area contributed by atoms with Crippen molar-refractivity contribution in [3.8, 4) is 11.4 Å². The predicted molar refractivity (Wildman–Crippen MR) is 123 cm³/mol. The highest BCUT2D eigenvalue weighted by atomic mass is 32.1. The predicted octanol–water partition coefficient (Wildman–Crippen LogP) is 2.05. The zero-order chi connectivity index (χ0) is 22.1. The van der Waals surface area contributed by atoms with Gasteiger partial charge < -0.3 is 25.3 Å².